The largest absolute Gasteiger partial charge is 0.507 e. The summed E-state index contributed by atoms with van der Waals surface area (Å²) < 4.78 is 0.585. The Morgan fingerprint density at radius 1 is 1.15 bits per heavy atom. The molecule has 0 spiro atoms. The van der Waals surface area contributed by atoms with E-state index in [1.165, 1.54) is 17.2 Å². The lowest BCUT2D eigenvalue weighted by atomic mass is 10.1. The van der Waals surface area contributed by atoms with Gasteiger partial charge < -0.3 is 10.4 Å². The summed E-state index contributed by atoms with van der Waals surface area (Å²) in [6.45, 7) is 0. The highest BCUT2D eigenvalue weighted by Gasteiger charge is 2.22. The summed E-state index contributed by atoms with van der Waals surface area (Å²) in [6, 6.07) is 13.2. The summed E-state index contributed by atoms with van der Waals surface area (Å²) in [5.74, 6) is -0.0713. The number of phenols is 1. The maximum absolute atomic E-state index is 12.2. The number of aromatic hydroxyl groups is 1. The topological polar surface area (TPSA) is 49.3 Å². The van der Waals surface area contributed by atoms with Gasteiger partial charge in [-0.15, -0.1) is 0 Å². The number of carbonyl (C=O) groups is 1. The quantitative estimate of drug-likeness (QED) is 0.888. The van der Waals surface area contributed by atoms with Crippen molar-refractivity contribution >= 4 is 21.8 Å². The molecular weight excluding hydrogens is 318 g/mol. The molecule has 4 heteroatoms. The van der Waals surface area contributed by atoms with Crippen LogP contribution in [0.5, 0.6) is 5.75 Å². The fourth-order valence-electron chi connectivity index (χ4n) is 2.58. The third-order valence-electron chi connectivity index (χ3n) is 3.59. The lowest BCUT2D eigenvalue weighted by Crippen LogP contribution is -2.35. The molecule has 0 unspecified atom stereocenters. The smallest absolute Gasteiger partial charge is 0.251 e. The Kier molecular flexibility index (Phi) is 3.49. The molecule has 1 aliphatic rings. The van der Waals surface area contributed by atoms with Crippen molar-refractivity contribution in [1.82, 2.24) is 5.32 Å². The second-order valence-corrected chi connectivity index (χ2v) is 5.87. The number of phenolic OH excluding ortho intramolecular Hbond substituents is 1. The van der Waals surface area contributed by atoms with E-state index < -0.39 is 0 Å². The number of rotatable bonds is 2. The Balaban J connectivity index is 1.70. The van der Waals surface area contributed by atoms with Crippen molar-refractivity contribution in [2.75, 3.05) is 0 Å². The van der Waals surface area contributed by atoms with Gasteiger partial charge in [0.05, 0.1) is 4.47 Å². The van der Waals surface area contributed by atoms with Crippen molar-refractivity contribution < 1.29 is 9.90 Å². The van der Waals surface area contributed by atoms with Gasteiger partial charge in [-0.2, -0.15) is 0 Å². The number of amides is 1. The van der Waals surface area contributed by atoms with Gasteiger partial charge in [0.25, 0.3) is 5.91 Å². The number of benzene rings is 2. The molecule has 0 fully saturated rings. The fraction of sp³-hybridized carbons (Fsp3) is 0.188. The first-order valence-corrected chi connectivity index (χ1v) is 7.29. The Morgan fingerprint density at radius 2 is 1.80 bits per heavy atom. The van der Waals surface area contributed by atoms with Gasteiger partial charge in [0, 0.05) is 11.6 Å². The van der Waals surface area contributed by atoms with E-state index in [2.05, 4.69) is 33.4 Å². The monoisotopic (exact) mass is 331 g/mol. The molecule has 0 saturated heterocycles. The molecule has 2 aromatic carbocycles. The van der Waals surface area contributed by atoms with E-state index in [9.17, 15) is 9.90 Å². The molecule has 0 aromatic heterocycles. The van der Waals surface area contributed by atoms with E-state index in [-0.39, 0.29) is 17.7 Å². The molecule has 1 amide bonds. The van der Waals surface area contributed by atoms with E-state index in [1.54, 1.807) is 12.1 Å². The maximum Gasteiger partial charge on any atom is 0.251 e. The number of carbonyl (C=O) groups excluding carboxylic acids is 1. The van der Waals surface area contributed by atoms with Crippen LogP contribution < -0.4 is 5.32 Å². The van der Waals surface area contributed by atoms with Crippen molar-refractivity contribution in [1.29, 1.82) is 0 Å². The van der Waals surface area contributed by atoms with Crippen LogP contribution in [-0.2, 0) is 12.8 Å². The van der Waals surface area contributed by atoms with Gasteiger partial charge in [-0.3, -0.25) is 4.79 Å². The van der Waals surface area contributed by atoms with E-state index in [1.807, 2.05) is 12.1 Å². The lowest BCUT2D eigenvalue weighted by molar-refractivity contribution is 0.0938. The number of nitrogens with one attached hydrogen (secondary N) is 1. The summed E-state index contributed by atoms with van der Waals surface area (Å²) in [6.07, 6.45) is 1.73. The molecule has 3 rings (SSSR count). The summed E-state index contributed by atoms with van der Waals surface area (Å²) in [5, 5.41) is 12.6. The summed E-state index contributed by atoms with van der Waals surface area (Å²) in [7, 11) is 0. The van der Waals surface area contributed by atoms with Crippen molar-refractivity contribution in [2.45, 2.75) is 18.9 Å². The second kappa shape index (κ2) is 5.29. The predicted molar refractivity (Wildman–Crippen MR) is 80.9 cm³/mol. The van der Waals surface area contributed by atoms with Crippen LogP contribution in [-0.4, -0.2) is 17.1 Å². The van der Waals surface area contributed by atoms with E-state index in [4.69, 9.17) is 0 Å². The number of hydrogen-bond donors (Lipinski definition) is 2. The molecule has 102 valence electrons. The number of halogens is 1. The fourth-order valence-corrected chi connectivity index (χ4v) is 2.83. The average Bonchev–Trinajstić information content (AvgIpc) is 2.83. The Hall–Kier alpha value is -1.81. The zero-order valence-electron chi connectivity index (χ0n) is 10.8. The SMILES string of the molecule is O=C(NC1Cc2ccccc2C1)c1ccc(Br)c(O)c1. The molecule has 0 bridgehead atoms. The molecule has 0 saturated carbocycles. The third kappa shape index (κ3) is 2.56. The van der Waals surface area contributed by atoms with Gasteiger partial charge in [0.2, 0.25) is 0 Å². The van der Waals surface area contributed by atoms with E-state index >= 15 is 0 Å². The Labute approximate surface area is 125 Å². The predicted octanol–water partition coefficient (Wildman–Crippen LogP) is 3.05. The second-order valence-electron chi connectivity index (χ2n) is 5.01. The molecule has 0 heterocycles. The zero-order valence-corrected chi connectivity index (χ0v) is 12.4. The first-order chi connectivity index (χ1) is 9.63. The summed E-state index contributed by atoms with van der Waals surface area (Å²) >= 11 is 3.20. The Bertz CT molecular complexity index is 644. The van der Waals surface area contributed by atoms with Gasteiger partial charge in [-0.05, 0) is 58.1 Å². The van der Waals surface area contributed by atoms with Gasteiger partial charge in [0.15, 0.2) is 0 Å². The molecule has 2 N–H and O–H groups in total. The minimum Gasteiger partial charge on any atom is -0.507 e. The highest BCUT2D eigenvalue weighted by Crippen LogP contribution is 2.25. The van der Waals surface area contributed by atoms with Crippen molar-refractivity contribution in [2.24, 2.45) is 0 Å². The maximum atomic E-state index is 12.2. The van der Waals surface area contributed by atoms with E-state index in [0.29, 0.717) is 10.0 Å². The van der Waals surface area contributed by atoms with Crippen LogP contribution in [0, 0.1) is 0 Å². The van der Waals surface area contributed by atoms with Crippen LogP contribution in [0.2, 0.25) is 0 Å². The summed E-state index contributed by atoms with van der Waals surface area (Å²) in [5.41, 5.74) is 3.08. The minimum atomic E-state index is -0.148. The van der Waals surface area contributed by atoms with Gasteiger partial charge >= 0.3 is 0 Å². The standard InChI is InChI=1S/C16H14BrNO2/c17-14-6-5-12(9-15(14)19)16(20)18-13-7-10-3-1-2-4-11(10)8-13/h1-6,9,13,19H,7-8H2,(H,18,20). The molecule has 20 heavy (non-hydrogen) atoms. The van der Waals surface area contributed by atoms with E-state index in [0.717, 1.165) is 12.8 Å². The van der Waals surface area contributed by atoms with Crippen LogP contribution >= 0.6 is 15.9 Å². The lowest BCUT2D eigenvalue weighted by Gasteiger charge is -2.12. The number of fused-ring (bicyclic) bond motifs is 1. The number of hydrogen-bond acceptors (Lipinski definition) is 2. The average molecular weight is 332 g/mol. The first-order valence-electron chi connectivity index (χ1n) is 6.49. The molecule has 0 atom stereocenters. The highest BCUT2D eigenvalue weighted by atomic mass is 79.9. The van der Waals surface area contributed by atoms with Crippen LogP contribution in [0.25, 0.3) is 0 Å². The van der Waals surface area contributed by atoms with Crippen molar-refractivity contribution in [3.63, 3.8) is 0 Å². The molecule has 3 nitrogen and oxygen atoms in total. The first kappa shape index (κ1) is 13.2. The van der Waals surface area contributed by atoms with Crippen LogP contribution in [0.3, 0.4) is 0 Å². The van der Waals surface area contributed by atoms with Crippen molar-refractivity contribution in [3.05, 3.63) is 63.6 Å². The molecule has 1 aliphatic carbocycles. The molecular formula is C16H14BrNO2. The van der Waals surface area contributed by atoms with Gasteiger partial charge in [0.1, 0.15) is 5.75 Å². The zero-order chi connectivity index (χ0) is 14.1. The summed E-state index contributed by atoms with van der Waals surface area (Å²) in [4.78, 5) is 12.2. The normalized spacial score (nSPS) is 14.1. The van der Waals surface area contributed by atoms with Gasteiger partial charge in [-0.1, -0.05) is 24.3 Å². The third-order valence-corrected chi connectivity index (χ3v) is 4.27. The van der Waals surface area contributed by atoms with Crippen LogP contribution in [0.15, 0.2) is 46.9 Å². The minimum absolute atomic E-state index is 0.0763. The Morgan fingerprint density at radius 3 is 2.40 bits per heavy atom. The molecule has 2 aromatic rings. The van der Waals surface area contributed by atoms with Crippen LogP contribution in [0.4, 0.5) is 0 Å². The highest BCUT2D eigenvalue weighted by molar-refractivity contribution is 9.10. The molecule has 0 aliphatic heterocycles. The van der Waals surface area contributed by atoms with Crippen LogP contribution in [0.1, 0.15) is 21.5 Å². The van der Waals surface area contributed by atoms with Crippen molar-refractivity contribution in [3.8, 4) is 5.75 Å². The molecule has 0 radical (unpaired) electrons. The van der Waals surface area contributed by atoms with Gasteiger partial charge in [-0.25, -0.2) is 0 Å².